The van der Waals surface area contributed by atoms with Crippen LogP contribution in [0, 0.1) is 11.3 Å². The monoisotopic (exact) mass is 237 g/mol. The fourth-order valence-corrected chi connectivity index (χ4v) is 3.50. The van der Waals surface area contributed by atoms with Gasteiger partial charge in [0.2, 0.25) is 0 Å². The number of anilines is 1. The number of hydrogen-bond acceptors (Lipinski definition) is 2. The summed E-state index contributed by atoms with van der Waals surface area (Å²) in [6.07, 6.45) is 3.06. The first-order valence-corrected chi connectivity index (χ1v) is 6.63. The molecule has 0 unspecified atom stereocenters. The Morgan fingerprint density at radius 3 is 2.94 bits per heavy atom. The van der Waals surface area contributed by atoms with E-state index in [1.807, 2.05) is 0 Å². The van der Waals surface area contributed by atoms with Gasteiger partial charge in [0, 0.05) is 29.6 Å². The van der Waals surface area contributed by atoms with Crippen LogP contribution in [-0.2, 0) is 6.42 Å². The summed E-state index contributed by atoms with van der Waals surface area (Å²) in [5.74, 6) is 2.05. The first kappa shape index (κ1) is 10.0. The minimum absolute atomic E-state index is 0.504. The highest BCUT2D eigenvalue weighted by molar-refractivity contribution is 5.91. The van der Waals surface area contributed by atoms with Gasteiger partial charge in [0.1, 0.15) is 5.82 Å². The summed E-state index contributed by atoms with van der Waals surface area (Å²) in [6.45, 7) is 2.38. The summed E-state index contributed by atoms with van der Waals surface area (Å²) in [4.78, 5) is 6.03. The molecule has 0 atom stereocenters. The van der Waals surface area contributed by atoms with Gasteiger partial charge in [-0.05, 0) is 36.5 Å². The molecule has 1 N–H and O–H groups in total. The van der Waals surface area contributed by atoms with E-state index < -0.39 is 0 Å². The highest BCUT2D eigenvalue weighted by atomic mass is 15.2. The van der Waals surface area contributed by atoms with E-state index in [0.29, 0.717) is 6.42 Å². The maximum Gasteiger partial charge on any atom is 0.110 e. The van der Waals surface area contributed by atoms with Gasteiger partial charge in [-0.3, -0.25) is 0 Å². The summed E-state index contributed by atoms with van der Waals surface area (Å²) in [7, 11) is 0. The number of fused-ring (bicyclic) bond motifs is 3. The van der Waals surface area contributed by atoms with Crippen molar-refractivity contribution in [1.82, 2.24) is 4.98 Å². The second kappa shape index (κ2) is 3.52. The van der Waals surface area contributed by atoms with E-state index in [1.165, 1.54) is 48.2 Å². The fraction of sp³-hybridized carbons (Fsp3) is 0.400. The van der Waals surface area contributed by atoms with Crippen molar-refractivity contribution in [2.24, 2.45) is 0 Å². The van der Waals surface area contributed by atoms with Crippen LogP contribution in [0.5, 0.6) is 0 Å². The number of piperidine rings is 1. The number of aromatic nitrogens is 1. The first-order chi connectivity index (χ1) is 8.86. The largest absolute Gasteiger partial charge is 0.358 e. The molecule has 0 radical (unpaired) electrons. The Bertz CT molecular complexity index is 654. The highest BCUT2D eigenvalue weighted by Crippen LogP contribution is 2.45. The van der Waals surface area contributed by atoms with Crippen LogP contribution in [-0.4, -0.2) is 18.1 Å². The molecule has 2 aromatic rings. The number of nitrogens with one attached hydrogen (secondary N) is 1. The topological polar surface area (TPSA) is 42.8 Å². The van der Waals surface area contributed by atoms with E-state index in [-0.39, 0.29) is 0 Å². The maximum absolute atomic E-state index is 8.82. The maximum atomic E-state index is 8.82. The molecule has 4 heterocycles. The van der Waals surface area contributed by atoms with E-state index in [1.54, 1.807) is 0 Å². The zero-order valence-electron chi connectivity index (χ0n) is 10.2. The molecule has 0 aliphatic carbocycles. The lowest BCUT2D eigenvalue weighted by Crippen LogP contribution is -2.38. The van der Waals surface area contributed by atoms with E-state index in [2.05, 4.69) is 34.2 Å². The van der Waals surface area contributed by atoms with Crippen LogP contribution >= 0.6 is 0 Å². The third kappa shape index (κ3) is 1.23. The van der Waals surface area contributed by atoms with Gasteiger partial charge >= 0.3 is 0 Å². The predicted octanol–water partition coefficient (Wildman–Crippen LogP) is 2.93. The lowest BCUT2D eigenvalue weighted by atomic mass is 9.84. The average molecular weight is 237 g/mol. The Kier molecular flexibility index (Phi) is 1.96. The van der Waals surface area contributed by atoms with Gasteiger partial charge in [-0.1, -0.05) is 6.07 Å². The van der Waals surface area contributed by atoms with Gasteiger partial charge < -0.3 is 9.88 Å². The molecule has 3 nitrogen and oxygen atoms in total. The molecular weight excluding hydrogens is 222 g/mol. The fourth-order valence-electron chi connectivity index (χ4n) is 3.50. The first-order valence-electron chi connectivity index (χ1n) is 6.63. The number of nitrogens with zero attached hydrogens (tertiary/aromatic N) is 2. The van der Waals surface area contributed by atoms with Gasteiger partial charge in [0.05, 0.1) is 12.5 Å². The number of nitriles is 1. The van der Waals surface area contributed by atoms with Crippen LogP contribution in [0.3, 0.4) is 0 Å². The van der Waals surface area contributed by atoms with E-state index in [4.69, 9.17) is 5.26 Å². The Morgan fingerprint density at radius 2 is 2.17 bits per heavy atom. The van der Waals surface area contributed by atoms with Crippen LogP contribution < -0.4 is 4.90 Å². The molecule has 2 bridgehead atoms. The van der Waals surface area contributed by atoms with Crippen molar-refractivity contribution in [3.63, 3.8) is 0 Å². The van der Waals surface area contributed by atoms with Crippen molar-refractivity contribution < 1.29 is 0 Å². The van der Waals surface area contributed by atoms with E-state index in [9.17, 15) is 0 Å². The molecule has 5 rings (SSSR count). The van der Waals surface area contributed by atoms with Crippen molar-refractivity contribution in [3.8, 4) is 6.07 Å². The molecule has 0 amide bonds. The zero-order chi connectivity index (χ0) is 12.1. The molecule has 3 aliphatic heterocycles. The Morgan fingerprint density at radius 1 is 1.33 bits per heavy atom. The molecule has 1 fully saturated rings. The third-order valence-electron chi connectivity index (χ3n) is 4.38. The smallest absolute Gasteiger partial charge is 0.110 e. The van der Waals surface area contributed by atoms with Crippen LogP contribution in [0.25, 0.3) is 10.9 Å². The van der Waals surface area contributed by atoms with Crippen LogP contribution in [0.15, 0.2) is 18.2 Å². The van der Waals surface area contributed by atoms with Crippen molar-refractivity contribution in [2.45, 2.75) is 25.2 Å². The minimum atomic E-state index is 0.504. The van der Waals surface area contributed by atoms with Crippen molar-refractivity contribution >= 4 is 16.7 Å². The summed E-state index contributed by atoms with van der Waals surface area (Å²) in [5.41, 5.74) is 3.85. The van der Waals surface area contributed by atoms with Gasteiger partial charge in [0.15, 0.2) is 0 Å². The van der Waals surface area contributed by atoms with Crippen molar-refractivity contribution in [2.75, 3.05) is 18.0 Å². The number of rotatable bonds is 1. The SMILES string of the molecule is N#CCc1ccc2[nH]c3c(c2c1)C1CCN3CC1. The Hall–Kier alpha value is -1.95. The van der Waals surface area contributed by atoms with E-state index in [0.717, 1.165) is 11.5 Å². The number of aromatic amines is 1. The minimum Gasteiger partial charge on any atom is -0.358 e. The second-order valence-electron chi connectivity index (χ2n) is 5.36. The lowest BCUT2D eigenvalue weighted by Gasteiger charge is -2.40. The predicted molar refractivity (Wildman–Crippen MR) is 71.8 cm³/mol. The average Bonchev–Trinajstić information content (AvgIpc) is 2.81. The number of hydrogen-bond donors (Lipinski definition) is 1. The molecule has 3 aliphatic rings. The molecule has 0 saturated carbocycles. The van der Waals surface area contributed by atoms with Crippen LogP contribution in [0.4, 0.5) is 5.82 Å². The van der Waals surface area contributed by atoms with Crippen molar-refractivity contribution in [3.05, 3.63) is 29.3 Å². The van der Waals surface area contributed by atoms with Gasteiger partial charge in [-0.2, -0.15) is 5.26 Å². The molecule has 1 saturated heterocycles. The normalized spacial score (nSPS) is 18.1. The second-order valence-corrected chi connectivity index (χ2v) is 5.36. The number of H-pyrrole nitrogens is 1. The number of benzene rings is 1. The summed E-state index contributed by atoms with van der Waals surface area (Å²) >= 11 is 0. The summed E-state index contributed by atoms with van der Waals surface area (Å²) < 4.78 is 0. The molecule has 3 heteroatoms. The van der Waals surface area contributed by atoms with Crippen molar-refractivity contribution in [1.29, 1.82) is 5.26 Å². The van der Waals surface area contributed by atoms with Crippen LogP contribution in [0.1, 0.15) is 29.9 Å². The highest BCUT2D eigenvalue weighted by Gasteiger charge is 2.33. The molecule has 1 aromatic heterocycles. The molecule has 0 spiro atoms. The zero-order valence-corrected chi connectivity index (χ0v) is 10.2. The van der Waals surface area contributed by atoms with E-state index >= 15 is 0 Å². The van der Waals surface area contributed by atoms with Gasteiger partial charge in [-0.15, -0.1) is 0 Å². The Labute approximate surface area is 106 Å². The van der Waals surface area contributed by atoms with Gasteiger partial charge in [-0.25, -0.2) is 0 Å². The molecule has 18 heavy (non-hydrogen) atoms. The molecule has 1 aromatic carbocycles. The summed E-state index contributed by atoms with van der Waals surface area (Å²) in [6, 6.07) is 8.62. The summed E-state index contributed by atoms with van der Waals surface area (Å²) in [5, 5.41) is 10.2. The Balaban J connectivity index is 1.96. The third-order valence-corrected chi connectivity index (χ3v) is 4.38. The quantitative estimate of drug-likeness (QED) is 0.828. The standard InChI is InChI=1S/C15H15N3/c16-6-3-10-1-2-13-12(9-10)14-11-4-7-18(8-5-11)15(14)17-13/h1-2,9,11,17H,3-5,7-8H2. The van der Waals surface area contributed by atoms with Crippen LogP contribution in [0.2, 0.25) is 0 Å². The van der Waals surface area contributed by atoms with Gasteiger partial charge in [0.25, 0.3) is 0 Å². The lowest BCUT2D eigenvalue weighted by molar-refractivity contribution is 0.475. The molecular formula is C15H15N3. The molecule has 90 valence electrons.